The summed E-state index contributed by atoms with van der Waals surface area (Å²) in [6.45, 7) is 1.75. The fourth-order valence-corrected chi connectivity index (χ4v) is 4.01. The van der Waals surface area contributed by atoms with Gasteiger partial charge in [0.05, 0.1) is 25.8 Å². The lowest BCUT2D eigenvalue weighted by atomic mass is 10.1. The van der Waals surface area contributed by atoms with E-state index in [0.717, 1.165) is 16.3 Å². The van der Waals surface area contributed by atoms with Crippen LogP contribution in [0.5, 0.6) is 0 Å². The maximum atomic E-state index is 12.4. The summed E-state index contributed by atoms with van der Waals surface area (Å²) in [5.74, 6) is 0. The molecule has 0 amide bonds. The lowest BCUT2D eigenvalue weighted by Crippen LogP contribution is -2.06. The van der Waals surface area contributed by atoms with E-state index in [1.54, 1.807) is 19.1 Å². The summed E-state index contributed by atoms with van der Waals surface area (Å²) in [6.07, 6.45) is -4.34. The summed E-state index contributed by atoms with van der Waals surface area (Å²) in [4.78, 5) is 0. The Balaban J connectivity index is 2.21. The Morgan fingerprint density at radius 3 is 2.26 bits per heavy atom. The third-order valence-corrected chi connectivity index (χ3v) is 5.61. The number of hydrogen-bond acceptors (Lipinski definition) is 2. The van der Waals surface area contributed by atoms with Crippen LogP contribution in [-0.4, -0.2) is 4.21 Å². The third kappa shape index (κ3) is 3.25. The molecule has 2 atom stereocenters. The van der Waals surface area contributed by atoms with Crippen molar-refractivity contribution in [3.8, 4) is 0 Å². The van der Waals surface area contributed by atoms with E-state index in [1.165, 1.54) is 23.5 Å². The Labute approximate surface area is 115 Å². The Morgan fingerprint density at radius 2 is 1.79 bits per heavy atom. The molecule has 1 aromatic carbocycles. The molecule has 0 N–H and O–H groups in total. The Hall–Kier alpha value is -1.14. The zero-order valence-electron chi connectivity index (χ0n) is 9.98. The van der Waals surface area contributed by atoms with E-state index in [2.05, 4.69) is 0 Å². The van der Waals surface area contributed by atoms with Crippen LogP contribution in [0.4, 0.5) is 13.2 Å². The second-order valence-electron chi connectivity index (χ2n) is 3.99. The molecule has 0 radical (unpaired) electrons. The van der Waals surface area contributed by atoms with Crippen LogP contribution < -0.4 is 0 Å². The molecule has 102 valence electrons. The van der Waals surface area contributed by atoms with Crippen LogP contribution in [0.15, 0.2) is 46.0 Å². The molecule has 6 heteroatoms. The molecule has 0 aliphatic carbocycles. The molecule has 1 aromatic heterocycles. The van der Waals surface area contributed by atoms with Crippen LogP contribution in [0.1, 0.15) is 23.3 Å². The van der Waals surface area contributed by atoms with Gasteiger partial charge in [0.2, 0.25) is 0 Å². The van der Waals surface area contributed by atoms with Crippen molar-refractivity contribution in [1.29, 1.82) is 0 Å². The first-order valence-electron chi connectivity index (χ1n) is 5.51. The average Bonchev–Trinajstić information content (AvgIpc) is 2.90. The van der Waals surface area contributed by atoms with E-state index in [-0.39, 0.29) is 5.25 Å². The van der Waals surface area contributed by atoms with Crippen molar-refractivity contribution in [3.05, 3.63) is 52.9 Å². The maximum Gasteiger partial charge on any atom is 0.416 e. The van der Waals surface area contributed by atoms with E-state index >= 15 is 0 Å². The molecule has 2 aromatic rings. The molecule has 0 saturated heterocycles. The van der Waals surface area contributed by atoms with Crippen LogP contribution >= 0.6 is 11.3 Å². The smallest absolute Gasteiger partial charge is 0.253 e. The van der Waals surface area contributed by atoms with Crippen molar-refractivity contribution < 1.29 is 17.4 Å². The first kappa shape index (κ1) is 14.3. The number of alkyl halides is 3. The number of rotatable bonds is 3. The number of benzene rings is 1. The van der Waals surface area contributed by atoms with Crippen LogP contribution in [0, 0.1) is 0 Å². The van der Waals surface area contributed by atoms with E-state index in [9.17, 15) is 17.4 Å². The third-order valence-electron chi connectivity index (χ3n) is 2.72. The number of hydrogen-bond donors (Lipinski definition) is 0. The minimum absolute atomic E-state index is 0.332. The highest BCUT2D eigenvalue weighted by Crippen LogP contribution is 2.32. The maximum absolute atomic E-state index is 12.4. The van der Waals surface area contributed by atoms with Crippen molar-refractivity contribution in [2.75, 3.05) is 0 Å². The lowest BCUT2D eigenvalue weighted by Gasteiger charge is -2.12. The van der Waals surface area contributed by atoms with Gasteiger partial charge in [0, 0.05) is 0 Å². The van der Waals surface area contributed by atoms with Gasteiger partial charge in [-0.15, -0.1) is 11.3 Å². The van der Waals surface area contributed by atoms with E-state index in [4.69, 9.17) is 0 Å². The second kappa shape index (κ2) is 5.46. The monoisotopic (exact) mass is 304 g/mol. The molecule has 0 unspecified atom stereocenters. The van der Waals surface area contributed by atoms with Gasteiger partial charge >= 0.3 is 6.18 Å². The minimum atomic E-state index is -4.34. The van der Waals surface area contributed by atoms with Gasteiger partial charge in [0.25, 0.3) is 0 Å². The van der Waals surface area contributed by atoms with Gasteiger partial charge in [0.1, 0.15) is 0 Å². The highest BCUT2D eigenvalue weighted by atomic mass is 32.2. The van der Waals surface area contributed by atoms with Gasteiger partial charge in [-0.3, -0.25) is 4.21 Å². The van der Waals surface area contributed by atoms with Gasteiger partial charge in [0.15, 0.2) is 0 Å². The molecule has 2 rings (SSSR count). The zero-order valence-corrected chi connectivity index (χ0v) is 11.6. The summed E-state index contributed by atoms with van der Waals surface area (Å²) < 4.78 is 50.2. The Bertz CT molecular complexity index is 559. The molecule has 1 heterocycles. The van der Waals surface area contributed by atoms with Crippen molar-refractivity contribution in [2.45, 2.75) is 22.6 Å². The summed E-state index contributed by atoms with van der Waals surface area (Å²) in [5, 5.41) is 1.49. The van der Waals surface area contributed by atoms with Crippen molar-refractivity contribution >= 4 is 22.1 Å². The quantitative estimate of drug-likeness (QED) is 0.807. The summed E-state index contributed by atoms with van der Waals surface area (Å²) in [6, 6.07) is 8.39. The second-order valence-corrected chi connectivity index (χ2v) is 6.94. The Kier molecular flexibility index (Phi) is 4.10. The minimum Gasteiger partial charge on any atom is -0.253 e. The predicted molar refractivity (Wildman–Crippen MR) is 70.6 cm³/mol. The van der Waals surface area contributed by atoms with Crippen LogP contribution in [0.25, 0.3) is 0 Å². The first-order valence-corrected chi connectivity index (χ1v) is 7.60. The van der Waals surface area contributed by atoms with Crippen molar-refractivity contribution in [2.24, 2.45) is 0 Å². The molecule has 0 aliphatic heterocycles. The average molecular weight is 304 g/mol. The largest absolute Gasteiger partial charge is 0.416 e. The van der Waals surface area contributed by atoms with Crippen LogP contribution in [0.2, 0.25) is 0 Å². The summed E-state index contributed by atoms with van der Waals surface area (Å²) in [7, 11) is -1.24. The molecule has 19 heavy (non-hydrogen) atoms. The van der Waals surface area contributed by atoms with Gasteiger partial charge in [-0.25, -0.2) is 0 Å². The fourth-order valence-electron chi connectivity index (χ4n) is 1.62. The molecule has 0 fully saturated rings. The molecule has 0 bridgehead atoms. The highest BCUT2D eigenvalue weighted by Gasteiger charge is 2.30. The van der Waals surface area contributed by atoms with Crippen molar-refractivity contribution in [1.82, 2.24) is 0 Å². The predicted octanol–water partition coefficient (Wildman–Crippen LogP) is 4.64. The molecule has 1 nitrogen and oxygen atoms in total. The number of thiophene rings is 1. The molecule has 0 saturated carbocycles. The van der Waals surface area contributed by atoms with E-state index in [1.807, 2.05) is 5.38 Å². The van der Waals surface area contributed by atoms with Gasteiger partial charge in [-0.2, -0.15) is 13.2 Å². The SMILES string of the molecule is C[C@@H](c1ccc(C(F)(F)F)cc1)[S@](=O)c1cccs1. The molecule has 0 aliphatic rings. The highest BCUT2D eigenvalue weighted by molar-refractivity contribution is 7.87. The van der Waals surface area contributed by atoms with Gasteiger partial charge in [-0.1, -0.05) is 18.2 Å². The van der Waals surface area contributed by atoms with E-state index < -0.39 is 22.5 Å². The zero-order chi connectivity index (χ0) is 14.0. The normalized spacial score (nSPS) is 15.2. The molecular formula is C13H11F3OS2. The Morgan fingerprint density at radius 1 is 1.16 bits per heavy atom. The lowest BCUT2D eigenvalue weighted by molar-refractivity contribution is -0.137. The first-order chi connectivity index (χ1) is 8.89. The van der Waals surface area contributed by atoms with Gasteiger partial charge in [-0.05, 0) is 36.1 Å². The fraction of sp³-hybridized carbons (Fsp3) is 0.231. The van der Waals surface area contributed by atoms with Crippen LogP contribution in [-0.2, 0) is 17.0 Å². The van der Waals surface area contributed by atoms with Crippen molar-refractivity contribution in [3.63, 3.8) is 0 Å². The van der Waals surface area contributed by atoms with E-state index in [0.29, 0.717) is 5.56 Å². The summed E-state index contributed by atoms with van der Waals surface area (Å²) >= 11 is 1.38. The molecular weight excluding hydrogens is 293 g/mol. The van der Waals surface area contributed by atoms with Gasteiger partial charge < -0.3 is 0 Å². The van der Waals surface area contributed by atoms with Crippen LogP contribution in [0.3, 0.4) is 0 Å². The standard InChI is InChI=1S/C13H11F3OS2/c1-9(19(17)12-3-2-8-18-12)10-4-6-11(7-5-10)13(14,15)16/h2-9H,1H3/t9-,19-/m0/s1. The summed E-state index contributed by atoms with van der Waals surface area (Å²) in [5.41, 5.74) is -0.0508. The topological polar surface area (TPSA) is 17.1 Å². The molecule has 0 spiro atoms. The number of halogens is 3.